The second-order valence-corrected chi connectivity index (χ2v) is 8.05. The van der Waals surface area contributed by atoms with Crippen LogP contribution in [0.5, 0.6) is 0 Å². The zero-order valence-corrected chi connectivity index (χ0v) is 18.0. The maximum atomic E-state index is 12.9. The second kappa shape index (κ2) is 9.15. The lowest BCUT2D eigenvalue weighted by Gasteiger charge is -2.31. The Hall–Kier alpha value is -3.15. The molecule has 0 spiro atoms. The third-order valence-electron chi connectivity index (χ3n) is 4.85. The summed E-state index contributed by atoms with van der Waals surface area (Å²) in [5, 5.41) is 4.03. The Balaban J connectivity index is 1.63. The Morgan fingerprint density at radius 2 is 2.00 bits per heavy atom. The fourth-order valence-corrected chi connectivity index (χ4v) is 4.01. The number of benzene rings is 1. The molecule has 1 unspecified atom stereocenters. The van der Waals surface area contributed by atoms with Crippen molar-refractivity contribution < 1.29 is 32.3 Å². The van der Waals surface area contributed by atoms with Crippen LogP contribution in [-0.4, -0.2) is 35.0 Å². The van der Waals surface area contributed by atoms with Gasteiger partial charge in [0.05, 0.1) is 16.9 Å². The van der Waals surface area contributed by atoms with Crippen molar-refractivity contribution in [1.82, 2.24) is 4.57 Å². The third kappa shape index (κ3) is 5.18. The third-order valence-corrected chi connectivity index (χ3v) is 5.73. The van der Waals surface area contributed by atoms with Gasteiger partial charge in [-0.1, -0.05) is 11.3 Å². The van der Waals surface area contributed by atoms with Gasteiger partial charge in [-0.3, -0.25) is 24.1 Å². The summed E-state index contributed by atoms with van der Waals surface area (Å²) in [4.78, 5) is 49.4. The molecule has 0 saturated carbocycles. The molecular formula is C20H20F3N3O5S. The smallest absolute Gasteiger partial charge is 0.416 e. The molecule has 12 heteroatoms. The number of anilines is 2. The van der Waals surface area contributed by atoms with E-state index in [0.29, 0.717) is 13.0 Å². The number of thiazole rings is 1. The largest absolute Gasteiger partial charge is 0.453 e. The summed E-state index contributed by atoms with van der Waals surface area (Å²) in [6.07, 6.45) is -5.58. The van der Waals surface area contributed by atoms with E-state index in [9.17, 15) is 32.3 Å². The average Bonchev–Trinajstić information content (AvgIpc) is 3.03. The lowest BCUT2D eigenvalue weighted by molar-refractivity contribution is -0.154. The summed E-state index contributed by atoms with van der Waals surface area (Å²) in [5.74, 6) is -2.07. The fraction of sp³-hybridized carbons (Fsp3) is 0.400. The number of halogens is 3. The highest BCUT2D eigenvalue weighted by atomic mass is 32.1. The minimum Gasteiger partial charge on any atom is -0.453 e. The summed E-state index contributed by atoms with van der Waals surface area (Å²) < 4.78 is 45.5. The number of alkyl halides is 3. The highest BCUT2D eigenvalue weighted by molar-refractivity contribution is 7.07. The average molecular weight is 471 g/mol. The number of amides is 2. The molecule has 2 heterocycles. The maximum absolute atomic E-state index is 12.9. The lowest BCUT2D eigenvalue weighted by Crippen LogP contribution is -2.47. The fourth-order valence-electron chi connectivity index (χ4n) is 3.25. The molecule has 0 aliphatic carbocycles. The molecule has 172 valence electrons. The van der Waals surface area contributed by atoms with E-state index in [1.54, 1.807) is 12.3 Å². The summed E-state index contributed by atoms with van der Waals surface area (Å²) in [6.45, 7) is 3.01. The number of fused-ring (bicyclic) bond motifs is 1. The molecule has 1 atom stereocenters. The van der Waals surface area contributed by atoms with Crippen LogP contribution in [-0.2, 0) is 31.8 Å². The van der Waals surface area contributed by atoms with Crippen molar-refractivity contribution in [2.24, 2.45) is 0 Å². The number of nitrogens with one attached hydrogen (secondary N) is 1. The van der Waals surface area contributed by atoms with Gasteiger partial charge in [0.2, 0.25) is 5.91 Å². The van der Waals surface area contributed by atoms with Crippen LogP contribution in [0.15, 0.2) is 28.4 Å². The van der Waals surface area contributed by atoms with Crippen molar-refractivity contribution in [2.45, 2.75) is 45.5 Å². The van der Waals surface area contributed by atoms with E-state index in [2.05, 4.69) is 5.32 Å². The van der Waals surface area contributed by atoms with Crippen LogP contribution >= 0.6 is 11.3 Å². The molecular weight excluding hydrogens is 451 g/mol. The number of aryl methyl sites for hydroxylation is 1. The second-order valence-electron chi connectivity index (χ2n) is 7.23. The van der Waals surface area contributed by atoms with Gasteiger partial charge in [0, 0.05) is 24.0 Å². The van der Waals surface area contributed by atoms with E-state index in [4.69, 9.17) is 4.74 Å². The van der Waals surface area contributed by atoms with Crippen molar-refractivity contribution in [3.8, 4) is 0 Å². The van der Waals surface area contributed by atoms with Crippen molar-refractivity contribution in [3.05, 3.63) is 44.5 Å². The van der Waals surface area contributed by atoms with E-state index >= 15 is 0 Å². The zero-order valence-electron chi connectivity index (χ0n) is 17.2. The summed E-state index contributed by atoms with van der Waals surface area (Å²) >= 11 is 1.06. The van der Waals surface area contributed by atoms with Crippen molar-refractivity contribution in [1.29, 1.82) is 0 Å². The van der Waals surface area contributed by atoms with Crippen molar-refractivity contribution in [2.75, 3.05) is 16.8 Å². The van der Waals surface area contributed by atoms with Gasteiger partial charge < -0.3 is 14.6 Å². The molecule has 2 aromatic rings. The van der Waals surface area contributed by atoms with E-state index in [1.165, 1.54) is 11.5 Å². The standard InChI is InChI=1S/C20H20F3N3O5S/c1-11-10-32-19(30)25(11)7-3-4-17(28)31-12(2)18(29)26-9-16(27)24-14-8-13(20(21,22)23)5-6-15(14)26/h5-6,8,10,12H,3-4,7,9H2,1-2H3,(H,24,27). The number of esters is 1. The van der Waals surface area contributed by atoms with Gasteiger partial charge in [-0.15, -0.1) is 0 Å². The number of ether oxygens (including phenoxy) is 1. The minimum absolute atomic E-state index is 0.0363. The van der Waals surface area contributed by atoms with Crippen molar-refractivity contribution >= 4 is 40.5 Å². The molecule has 0 saturated heterocycles. The monoisotopic (exact) mass is 471 g/mol. The predicted octanol–water partition coefficient (Wildman–Crippen LogP) is 2.93. The highest BCUT2D eigenvalue weighted by Gasteiger charge is 2.35. The van der Waals surface area contributed by atoms with Crippen LogP contribution < -0.4 is 15.1 Å². The zero-order chi connectivity index (χ0) is 23.6. The first-order valence-electron chi connectivity index (χ1n) is 9.64. The Kier molecular flexibility index (Phi) is 6.72. The van der Waals surface area contributed by atoms with Crippen molar-refractivity contribution in [3.63, 3.8) is 0 Å². The van der Waals surface area contributed by atoms with Gasteiger partial charge in [-0.05, 0) is 38.5 Å². The lowest BCUT2D eigenvalue weighted by atomic mass is 10.1. The van der Waals surface area contributed by atoms with E-state index in [-0.39, 0.29) is 22.7 Å². The van der Waals surface area contributed by atoms with Crippen LogP contribution in [0.25, 0.3) is 0 Å². The van der Waals surface area contributed by atoms with Gasteiger partial charge in [0.25, 0.3) is 5.91 Å². The molecule has 32 heavy (non-hydrogen) atoms. The van der Waals surface area contributed by atoms with Crippen LogP contribution in [0.4, 0.5) is 24.5 Å². The number of hydrogen-bond donors (Lipinski definition) is 1. The predicted molar refractivity (Wildman–Crippen MR) is 111 cm³/mol. The number of carbonyl (C=O) groups excluding carboxylic acids is 3. The maximum Gasteiger partial charge on any atom is 0.416 e. The molecule has 0 fully saturated rings. The minimum atomic E-state index is -4.61. The molecule has 1 aromatic carbocycles. The summed E-state index contributed by atoms with van der Waals surface area (Å²) in [7, 11) is 0. The quantitative estimate of drug-likeness (QED) is 0.654. The van der Waals surface area contributed by atoms with E-state index in [0.717, 1.165) is 40.1 Å². The van der Waals surface area contributed by atoms with Crippen LogP contribution in [0.2, 0.25) is 0 Å². The molecule has 0 bridgehead atoms. The van der Waals surface area contributed by atoms with E-state index in [1.807, 2.05) is 0 Å². The van der Waals surface area contributed by atoms with Gasteiger partial charge >= 0.3 is 17.0 Å². The highest BCUT2D eigenvalue weighted by Crippen LogP contribution is 2.37. The van der Waals surface area contributed by atoms with Gasteiger partial charge in [0.1, 0.15) is 6.54 Å². The Morgan fingerprint density at radius 1 is 1.28 bits per heavy atom. The van der Waals surface area contributed by atoms with Crippen LogP contribution in [0.1, 0.15) is 31.0 Å². The van der Waals surface area contributed by atoms with Gasteiger partial charge in [-0.2, -0.15) is 13.2 Å². The number of rotatable bonds is 6. The molecule has 0 radical (unpaired) electrons. The molecule has 1 aliphatic heterocycles. The Bertz CT molecular complexity index is 1110. The van der Waals surface area contributed by atoms with Crippen LogP contribution in [0.3, 0.4) is 0 Å². The van der Waals surface area contributed by atoms with E-state index < -0.39 is 42.2 Å². The molecule has 1 aliphatic rings. The number of hydrogen-bond acceptors (Lipinski definition) is 6. The Morgan fingerprint density at radius 3 is 2.62 bits per heavy atom. The molecule has 3 rings (SSSR count). The number of aromatic nitrogens is 1. The van der Waals surface area contributed by atoms with Gasteiger partial charge in [-0.25, -0.2) is 0 Å². The molecule has 1 N–H and O–H groups in total. The normalized spacial score (nSPS) is 14.5. The topological polar surface area (TPSA) is 97.7 Å². The number of carbonyl (C=O) groups is 3. The SMILES string of the molecule is Cc1csc(=O)n1CCCC(=O)OC(C)C(=O)N1CC(=O)Nc2cc(C(F)(F)F)ccc21. The summed E-state index contributed by atoms with van der Waals surface area (Å²) in [6, 6.07) is 2.64. The Labute approximate surface area is 184 Å². The van der Waals surface area contributed by atoms with Gasteiger partial charge in [0.15, 0.2) is 6.10 Å². The molecule has 1 aromatic heterocycles. The first-order chi connectivity index (χ1) is 15.0. The first kappa shape index (κ1) is 23.5. The number of nitrogens with zero attached hydrogens (tertiary/aromatic N) is 2. The first-order valence-corrected chi connectivity index (χ1v) is 10.5. The summed E-state index contributed by atoms with van der Waals surface area (Å²) in [5.41, 5.74) is -0.254. The molecule has 2 amide bonds. The van der Waals surface area contributed by atoms with Crippen LogP contribution in [0, 0.1) is 6.92 Å². The molecule has 8 nitrogen and oxygen atoms in total.